The first-order chi connectivity index (χ1) is 8.18. The quantitative estimate of drug-likeness (QED) is 0.821. The zero-order valence-electron chi connectivity index (χ0n) is 9.27. The van der Waals surface area contributed by atoms with Crippen LogP contribution in [0.4, 0.5) is 8.78 Å². The van der Waals surface area contributed by atoms with Crippen LogP contribution in [0, 0.1) is 0 Å². The highest BCUT2D eigenvalue weighted by Crippen LogP contribution is 2.32. The third-order valence-corrected chi connectivity index (χ3v) is 2.83. The smallest absolute Gasteiger partial charge is 0.265 e. The molecule has 2 rings (SSSR count). The summed E-state index contributed by atoms with van der Waals surface area (Å²) in [5, 5.41) is 11.8. The molecule has 2 N–H and O–H groups in total. The molecule has 0 saturated carbocycles. The third-order valence-electron chi connectivity index (χ3n) is 2.83. The summed E-state index contributed by atoms with van der Waals surface area (Å²) in [5.41, 5.74) is 1.09. The number of alkyl halides is 2. The van der Waals surface area contributed by atoms with Crippen molar-refractivity contribution in [2.75, 3.05) is 19.7 Å². The van der Waals surface area contributed by atoms with E-state index in [4.69, 9.17) is 9.84 Å². The Balaban J connectivity index is 1.82. The van der Waals surface area contributed by atoms with E-state index in [1.807, 2.05) is 24.3 Å². The summed E-state index contributed by atoms with van der Waals surface area (Å²) in [5.74, 6) is 1.02. The number of para-hydroxylation sites is 1. The lowest BCUT2D eigenvalue weighted by molar-refractivity contribution is -0.00336. The van der Waals surface area contributed by atoms with Gasteiger partial charge in [0.1, 0.15) is 11.9 Å². The molecule has 1 heterocycles. The Labute approximate surface area is 98.4 Å². The molecule has 94 valence electrons. The zero-order chi connectivity index (χ0) is 12.3. The van der Waals surface area contributed by atoms with Gasteiger partial charge in [0.05, 0.1) is 6.61 Å². The molecule has 0 saturated heterocycles. The molecule has 1 aliphatic heterocycles. The molecule has 1 aromatic carbocycles. The fourth-order valence-electron chi connectivity index (χ4n) is 1.89. The number of ether oxygens (including phenoxy) is 1. The van der Waals surface area contributed by atoms with Crippen molar-refractivity contribution in [2.24, 2.45) is 0 Å². The van der Waals surface area contributed by atoms with E-state index in [0.29, 0.717) is 13.2 Å². The van der Waals surface area contributed by atoms with Crippen molar-refractivity contribution >= 4 is 0 Å². The first-order valence-corrected chi connectivity index (χ1v) is 5.57. The summed E-state index contributed by atoms with van der Waals surface area (Å²) < 4.78 is 29.6. The van der Waals surface area contributed by atoms with Crippen molar-refractivity contribution in [3.05, 3.63) is 29.8 Å². The molecule has 0 radical (unpaired) electrons. The molecule has 2 atom stereocenters. The van der Waals surface area contributed by atoms with Gasteiger partial charge in [-0.15, -0.1) is 0 Å². The predicted octanol–water partition coefficient (Wildman–Crippen LogP) is 1.38. The normalized spacial score (nSPS) is 20.1. The van der Waals surface area contributed by atoms with E-state index in [-0.39, 0.29) is 12.5 Å². The van der Waals surface area contributed by atoms with Crippen molar-refractivity contribution in [3.63, 3.8) is 0 Å². The second-order valence-corrected chi connectivity index (χ2v) is 4.11. The van der Waals surface area contributed by atoms with Gasteiger partial charge < -0.3 is 15.2 Å². The van der Waals surface area contributed by atoms with E-state index in [1.165, 1.54) is 0 Å². The minimum Gasteiger partial charge on any atom is -0.493 e. The molecule has 0 spiro atoms. The number of nitrogens with one attached hydrogen (secondary N) is 1. The molecular weight excluding hydrogens is 228 g/mol. The van der Waals surface area contributed by atoms with E-state index in [0.717, 1.165) is 11.3 Å². The average Bonchev–Trinajstić information content (AvgIpc) is 2.72. The van der Waals surface area contributed by atoms with Crippen LogP contribution in [0.2, 0.25) is 0 Å². The second kappa shape index (κ2) is 5.42. The number of aliphatic hydroxyl groups is 1. The Morgan fingerprint density at radius 2 is 2.18 bits per heavy atom. The topological polar surface area (TPSA) is 41.5 Å². The fourth-order valence-corrected chi connectivity index (χ4v) is 1.89. The molecule has 0 bridgehead atoms. The van der Waals surface area contributed by atoms with E-state index >= 15 is 0 Å². The number of halogens is 2. The van der Waals surface area contributed by atoms with Gasteiger partial charge >= 0.3 is 0 Å². The standard InChI is InChI=1S/C12H15F2NO2/c13-12(14)10(16)6-15-5-8-7-17-11-4-2-1-3-9(8)11/h1-4,8,10,12,15-16H,5-7H2. The maximum atomic E-state index is 12.1. The number of aliphatic hydroxyl groups excluding tert-OH is 1. The Morgan fingerprint density at radius 1 is 1.41 bits per heavy atom. The number of hydrogen-bond acceptors (Lipinski definition) is 3. The van der Waals surface area contributed by atoms with Gasteiger partial charge in [0.15, 0.2) is 0 Å². The van der Waals surface area contributed by atoms with Crippen LogP contribution in [0.3, 0.4) is 0 Å². The molecule has 0 amide bonds. The predicted molar refractivity (Wildman–Crippen MR) is 59.6 cm³/mol. The summed E-state index contributed by atoms with van der Waals surface area (Å²) >= 11 is 0. The number of benzene rings is 1. The molecule has 5 heteroatoms. The van der Waals surface area contributed by atoms with Gasteiger partial charge in [-0.25, -0.2) is 8.78 Å². The summed E-state index contributed by atoms with van der Waals surface area (Å²) in [7, 11) is 0. The molecule has 3 nitrogen and oxygen atoms in total. The van der Waals surface area contributed by atoms with Crippen LogP contribution in [0.15, 0.2) is 24.3 Å². The van der Waals surface area contributed by atoms with Gasteiger partial charge in [0, 0.05) is 24.6 Å². The molecule has 0 aliphatic carbocycles. The molecule has 17 heavy (non-hydrogen) atoms. The number of fused-ring (bicyclic) bond motifs is 1. The van der Waals surface area contributed by atoms with Crippen molar-refractivity contribution in [3.8, 4) is 5.75 Å². The van der Waals surface area contributed by atoms with Crippen LogP contribution in [-0.2, 0) is 0 Å². The van der Waals surface area contributed by atoms with Crippen LogP contribution < -0.4 is 10.1 Å². The molecule has 1 aromatic rings. The Hall–Kier alpha value is -1.20. The molecule has 2 unspecified atom stereocenters. The maximum absolute atomic E-state index is 12.1. The van der Waals surface area contributed by atoms with Crippen molar-refractivity contribution in [2.45, 2.75) is 18.4 Å². The van der Waals surface area contributed by atoms with Gasteiger partial charge in [-0.05, 0) is 6.07 Å². The number of hydrogen-bond donors (Lipinski definition) is 2. The Bertz CT molecular complexity index is 373. The second-order valence-electron chi connectivity index (χ2n) is 4.11. The molecule has 1 aliphatic rings. The van der Waals surface area contributed by atoms with E-state index in [1.54, 1.807) is 0 Å². The lowest BCUT2D eigenvalue weighted by Gasteiger charge is -2.13. The highest BCUT2D eigenvalue weighted by molar-refractivity contribution is 5.39. The highest BCUT2D eigenvalue weighted by Gasteiger charge is 2.24. The van der Waals surface area contributed by atoms with Crippen LogP contribution in [0.1, 0.15) is 11.5 Å². The summed E-state index contributed by atoms with van der Waals surface area (Å²) in [4.78, 5) is 0. The molecule has 0 aromatic heterocycles. The van der Waals surface area contributed by atoms with Gasteiger partial charge in [0.2, 0.25) is 0 Å². The Kier molecular flexibility index (Phi) is 3.91. The van der Waals surface area contributed by atoms with Gasteiger partial charge in [-0.1, -0.05) is 18.2 Å². The molecule has 0 fully saturated rings. The largest absolute Gasteiger partial charge is 0.493 e. The van der Waals surface area contributed by atoms with Crippen LogP contribution in [0.25, 0.3) is 0 Å². The lowest BCUT2D eigenvalue weighted by Crippen LogP contribution is -2.34. The van der Waals surface area contributed by atoms with Crippen molar-refractivity contribution in [1.29, 1.82) is 0 Å². The first-order valence-electron chi connectivity index (χ1n) is 5.57. The van der Waals surface area contributed by atoms with Crippen LogP contribution in [0.5, 0.6) is 5.75 Å². The van der Waals surface area contributed by atoms with Crippen LogP contribution >= 0.6 is 0 Å². The average molecular weight is 243 g/mol. The van der Waals surface area contributed by atoms with Crippen molar-refractivity contribution < 1.29 is 18.6 Å². The van der Waals surface area contributed by atoms with Gasteiger partial charge in [0.25, 0.3) is 6.43 Å². The highest BCUT2D eigenvalue weighted by atomic mass is 19.3. The van der Waals surface area contributed by atoms with Crippen molar-refractivity contribution in [1.82, 2.24) is 5.32 Å². The monoisotopic (exact) mass is 243 g/mol. The zero-order valence-corrected chi connectivity index (χ0v) is 9.27. The molecular formula is C12H15F2NO2. The first kappa shape index (κ1) is 12.3. The minimum atomic E-state index is -2.70. The Morgan fingerprint density at radius 3 is 2.94 bits per heavy atom. The van der Waals surface area contributed by atoms with Gasteiger partial charge in [-0.3, -0.25) is 0 Å². The third kappa shape index (κ3) is 2.92. The lowest BCUT2D eigenvalue weighted by atomic mass is 10.0. The number of rotatable bonds is 5. The summed E-state index contributed by atoms with van der Waals surface area (Å²) in [6.45, 7) is 0.980. The van der Waals surface area contributed by atoms with Crippen LogP contribution in [-0.4, -0.2) is 37.3 Å². The summed E-state index contributed by atoms with van der Waals surface area (Å²) in [6, 6.07) is 7.69. The SMILES string of the molecule is OC(CNCC1COc2ccccc21)C(F)F. The van der Waals surface area contributed by atoms with E-state index < -0.39 is 12.5 Å². The maximum Gasteiger partial charge on any atom is 0.265 e. The summed E-state index contributed by atoms with van der Waals surface area (Å²) in [6.07, 6.45) is -4.30. The van der Waals surface area contributed by atoms with Gasteiger partial charge in [-0.2, -0.15) is 0 Å². The van der Waals surface area contributed by atoms with E-state index in [2.05, 4.69) is 5.32 Å². The van der Waals surface area contributed by atoms with E-state index in [9.17, 15) is 8.78 Å². The fraction of sp³-hybridized carbons (Fsp3) is 0.500. The minimum absolute atomic E-state index is 0.101.